The summed E-state index contributed by atoms with van der Waals surface area (Å²) in [6, 6.07) is 7.76. The molecule has 1 aromatic carbocycles. The standard InChI is InChI=1S/C22H29N3O3S/c1-4-12(2)29-22-24-20-19(21(27)25-22)17(13-7-5-8-14(11-13)28-3)18-15(23-20)9-6-10-16(18)26/h5,7-8,11-12,17,19-20,22-24H,4,6,9-10H2,1-3H3,(H,25,27). The molecular weight excluding hydrogens is 386 g/mol. The van der Waals surface area contributed by atoms with Crippen molar-refractivity contribution in [1.82, 2.24) is 16.0 Å². The number of carbonyl (C=O) groups excluding carboxylic acids is 2. The third-order valence-electron chi connectivity index (χ3n) is 6.12. The van der Waals surface area contributed by atoms with E-state index in [0.717, 1.165) is 41.8 Å². The van der Waals surface area contributed by atoms with E-state index in [0.29, 0.717) is 11.7 Å². The van der Waals surface area contributed by atoms with Crippen LogP contribution in [-0.4, -0.2) is 35.7 Å². The van der Waals surface area contributed by atoms with Gasteiger partial charge in [-0.15, -0.1) is 11.8 Å². The molecule has 156 valence electrons. The fourth-order valence-corrected chi connectivity index (χ4v) is 5.58. The number of benzene rings is 1. The molecule has 0 bridgehead atoms. The molecule has 5 unspecified atom stereocenters. The average Bonchev–Trinajstić information content (AvgIpc) is 2.72. The highest BCUT2D eigenvalue weighted by atomic mass is 32.2. The van der Waals surface area contributed by atoms with Gasteiger partial charge in [0, 0.05) is 28.9 Å². The minimum atomic E-state index is -0.392. The van der Waals surface area contributed by atoms with Gasteiger partial charge in [0.25, 0.3) is 0 Å². The van der Waals surface area contributed by atoms with Crippen LogP contribution in [0.1, 0.15) is 51.0 Å². The van der Waals surface area contributed by atoms with Gasteiger partial charge < -0.3 is 15.4 Å². The van der Waals surface area contributed by atoms with E-state index < -0.39 is 5.92 Å². The Bertz CT molecular complexity index is 840. The Labute approximate surface area is 176 Å². The van der Waals surface area contributed by atoms with E-state index in [4.69, 9.17) is 4.74 Å². The SMILES string of the molecule is CCC(C)SC1NC(=O)C2C(NC3=C(C(=O)CCC3)C2c2cccc(OC)c2)N1. The van der Waals surface area contributed by atoms with E-state index >= 15 is 0 Å². The quantitative estimate of drug-likeness (QED) is 0.686. The van der Waals surface area contributed by atoms with Gasteiger partial charge in [0.15, 0.2) is 5.78 Å². The summed E-state index contributed by atoms with van der Waals surface area (Å²) in [5.74, 6) is 0.198. The van der Waals surface area contributed by atoms with Crippen LogP contribution in [0.4, 0.5) is 0 Å². The number of carbonyl (C=O) groups is 2. The highest BCUT2D eigenvalue weighted by Gasteiger charge is 2.49. The van der Waals surface area contributed by atoms with Crippen molar-refractivity contribution in [3.8, 4) is 5.75 Å². The number of Topliss-reactive ketones (excluding diaryl/α,β-unsaturated/α-hetero) is 1. The number of amides is 1. The second-order valence-corrected chi connectivity index (χ2v) is 9.53. The normalized spacial score (nSPS) is 30.0. The van der Waals surface area contributed by atoms with Crippen molar-refractivity contribution in [3.63, 3.8) is 0 Å². The topological polar surface area (TPSA) is 79.5 Å². The van der Waals surface area contributed by atoms with Gasteiger partial charge in [-0.1, -0.05) is 26.0 Å². The Morgan fingerprint density at radius 1 is 1.24 bits per heavy atom. The maximum absolute atomic E-state index is 13.3. The van der Waals surface area contributed by atoms with E-state index in [1.165, 1.54) is 0 Å². The first kappa shape index (κ1) is 20.3. The van der Waals surface area contributed by atoms with Crippen LogP contribution in [0.5, 0.6) is 5.75 Å². The summed E-state index contributed by atoms with van der Waals surface area (Å²) in [5, 5.41) is 10.6. The maximum Gasteiger partial charge on any atom is 0.229 e. The lowest BCUT2D eigenvalue weighted by molar-refractivity contribution is -0.130. The summed E-state index contributed by atoms with van der Waals surface area (Å²) < 4.78 is 5.41. The summed E-state index contributed by atoms with van der Waals surface area (Å²) in [6.45, 7) is 4.31. The Kier molecular flexibility index (Phi) is 5.88. The van der Waals surface area contributed by atoms with Crippen molar-refractivity contribution in [3.05, 3.63) is 41.1 Å². The van der Waals surface area contributed by atoms with Crippen LogP contribution in [0.2, 0.25) is 0 Å². The zero-order valence-electron chi connectivity index (χ0n) is 17.2. The predicted molar refractivity (Wildman–Crippen MR) is 114 cm³/mol. The summed E-state index contributed by atoms with van der Waals surface area (Å²) in [4.78, 5) is 26.2. The van der Waals surface area contributed by atoms with Crippen molar-refractivity contribution in [2.24, 2.45) is 5.92 Å². The van der Waals surface area contributed by atoms with E-state index in [1.54, 1.807) is 18.9 Å². The van der Waals surface area contributed by atoms with Gasteiger partial charge >= 0.3 is 0 Å². The molecule has 0 saturated carbocycles. The van der Waals surface area contributed by atoms with Gasteiger partial charge in [-0.2, -0.15) is 0 Å². The monoisotopic (exact) mass is 415 g/mol. The first-order chi connectivity index (χ1) is 14.0. The number of rotatable bonds is 5. The number of ketones is 1. The van der Waals surface area contributed by atoms with Crippen molar-refractivity contribution >= 4 is 23.5 Å². The van der Waals surface area contributed by atoms with Crippen LogP contribution < -0.4 is 20.7 Å². The minimum absolute atomic E-state index is 0.0141. The van der Waals surface area contributed by atoms with Gasteiger partial charge in [0.1, 0.15) is 11.2 Å². The second-order valence-electron chi connectivity index (χ2n) is 7.98. The molecule has 2 aliphatic heterocycles. The molecule has 6 nitrogen and oxygen atoms in total. The van der Waals surface area contributed by atoms with Crippen molar-refractivity contribution in [2.75, 3.05) is 7.11 Å². The lowest BCUT2D eigenvalue weighted by Crippen LogP contribution is -2.68. The van der Waals surface area contributed by atoms with Crippen LogP contribution in [0.25, 0.3) is 0 Å². The Balaban J connectivity index is 1.73. The predicted octanol–water partition coefficient (Wildman–Crippen LogP) is 2.87. The molecule has 0 radical (unpaired) electrons. The first-order valence-electron chi connectivity index (χ1n) is 10.4. The fraction of sp³-hybridized carbons (Fsp3) is 0.545. The Morgan fingerprint density at radius 2 is 2.07 bits per heavy atom. The van der Waals surface area contributed by atoms with Crippen LogP contribution in [-0.2, 0) is 9.59 Å². The largest absolute Gasteiger partial charge is 0.497 e. The number of fused-ring (bicyclic) bond motifs is 1. The highest BCUT2D eigenvalue weighted by Crippen LogP contribution is 2.44. The maximum atomic E-state index is 13.3. The first-order valence-corrected chi connectivity index (χ1v) is 11.3. The van der Waals surface area contributed by atoms with Crippen LogP contribution in [0.3, 0.4) is 0 Å². The Morgan fingerprint density at radius 3 is 2.83 bits per heavy atom. The van der Waals surface area contributed by atoms with Crippen LogP contribution >= 0.6 is 11.8 Å². The molecule has 5 atom stereocenters. The van der Waals surface area contributed by atoms with Crippen molar-refractivity contribution in [2.45, 2.75) is 62.4 Å². The van der Waals surface area contributed by atoms with E-state index in [1.807, 2.05) is 24.3 Å². The molecule has 3 aliphatic rings. The third kappa shape index (κ3) is 3.90. The number of hydrogen-bond donors (Lipinski definition) is 3. The summed E-state index contributed by atoms with van der Waals surface area (Å²) in [7, 11) is 1.63. The second kappa shape index (κ2) is 8.40. The number of allylic oxidation sites excluding steroid dienone is 2. The summed E-state index contributed by atoms with van der Waals surface area (Å²) in [6.07, 6.45) is 3.07. The van der Waals surface area contributed by atoms with Crippen molar-refractivity contribution in [1.29, 1.82) is 0 Å². The molecule has 1 aromatic rings. The zero-order chi connectivity index (χ0) is 20.5. The van der Waals surface area contributed by atoms with Crippen LogP contribution in [0.15, 0.2) is 35.5 Å². The molecule has 7 heteroatoms. The molecular formula is C22H29N3O3S. The summed E-state index contributed by atoms with van der Waals surface area (Å²) >= 11 is 1.73. The van der Waals surface area contributed by atoms with Gasteiger partial charge in [0.2, 0.25) is 5.91 Å². The molecule has 3 N–H and O–H groups in total. The van der Waals surface area contributed by atoms with Gasteiger partial charge in [-0.3, -0.25) is 14.9 Å². The molecule has 1 fully saturated rings. The molecule has 4 rings (SSSR count). The summed E-state index contributed by atoms with van der Waals surface area (Å²) in [5.41, 5.74) is 2.58. The lowest BCUT2D eigenvalue weighted by atomic mass is 9.70. The van der Waals surface area contributed by atoms with Gasteiger partial charge in [-0.05, 0) is 37.0 Å². The number of nitrogens with one attached hydrogen (secondary N) is 3. The number of ether oxygens (including phenoxy) is 1. The number of thioether (sulfide) groups is 1. The van der Waals surface area contributed by atoms with E-state index in [-0.39, 0.29) is 29.3 Å². The molecule has 0 spiro atoms. The molecule has 2 heterocycles. The number of hydrogen-bond acceptors (Lipinski definition) is 6. The van der Waals surface area contributed by atoms with Crippen LogP contribution in [0, 0.1) is 5.92 Å². The molecule has 1 aliphatic carbocycles. The van der Waals surface area contributed by atoms with E-state index in [9.17, 15) is 9.59 Å². The zero-order valence-corrected chi connectivity index (χ0v) is 18.0. The third-order valence-corrected chi connectivity index (χ3v) is 7.44. The molecule has 1 amide bonds. The highest BCUT2D eigenvalue weighted by molar-refractivity contribution is 8.00. The fourth-order valence-electron chi connectivity index (χ4n) is 4.51. The number of methoxy groups -OCH3 is 1. The smallest absolute Gasteiger partial charge is 0.229 e. The van der Waals surface area contributed by atoms with Crippen molar-refractivity contribution < 1.29 is 14.3 Å². The molecule has 0 aromatic heterocycles. The molecule has 1 saturated heterocycles. The Hall–Kier alpha value is -1.99. The van der Waals surface area contributed by atoms with Gasteiger partial charge in [0.05, 0.1) is 19.2 Å². The minimum Gasteiger partial charge on any atom is -0.497 e. The molecule has 29 heavy (non-hydrogen) atoms. The average molecular weight is 416 g/mol. The van der Waals surface area contributed by atoms with E-state index in [2.05, 4.69) is 29.8 Å². The lowest BCUT2D eigenvalue weighted by Gasteiger charge is -2.47. The van der Waals surface area contributed by atoms with Gasteiger partial charge in [-0.25, -0.2) is 0 Å².